The van der Waals surface area contributed by atoms with Gasteiger partial charge in [0.05, 0.1) is 30.0 Å². The number of nitrogens with zero attached hydrogens (tertiary/aromatic N) is 6. The molecule has 0 aliphatic carbocycles. The summed E-state index contributed by atoms with van der Waals surface area (Å²) in [5.74, 6) is 0.892. The summed E-state index contributed by atoms with van der Waals surface area (Å²) in [6.45, 7) is 8.76. The summed E-state index contributed by atoms with van der Waals surface area (Å²) >= 11 is 2.96. The van der Waals surface area contributed by atoms with E-state index in [-0.39, 0.29) is 0 Å². The van der Waals surface area contributed by atoms with E-state index in [1.165, 1.54) is 11.3 Å². The maximum atomic E-state index is 12.2. The second-order valence-electron chi connectivity index (χ2n) is 8.19. The summed E-state index contributed by atoms with van der Waals surface area (Å²) in [4.78, 5) is 25.7. The van der Waals surface area contributed by atoms with Gasteiger partial charge in [0.2, 0.25) is 0 Å². The topological polar surface area (TPSA) is 106 Å². The highest BCUT2D eigenvalue weighted by Crippen LogP contribution is 2.31. The van der Waals surface area contributed by atoms with Crippen molar-refractivity contribution in [1.82, 2.24) is 25.1 Å². The zero-order chi connectivity index (χ0) is 24.9. The van der Waals surface area contributed by atoms with Gasteiger partial charge in [-0.15, -0.1) is 21.5 Å². The Morgan fingerprint density at radius 2 is 2.06 bits per heavy atom. The lowest BCUT2D eigenvalue weighted by molar-refractivity contribution is 0.0394. The fourth-order valence-corrected chi connectivity index (χ4v) is 5.51. The van der Waals surface area contributed by atoms with E-state index in [1.807, 2.05) is 42.2 Å². The number of thiazole rings is 2. The lowest BCUT2D eigenvalue weighted by Gasteiger charge is -2.29. The number of hydrogen-bond donors (Lipinski definition) is 1. The molecule has 4 aromatic rings. The minimum Gasteiger partial charge on any atom is -0.461 e. The second kappa shape index (κ2) is 11.2. The van der Waals surface area contributed by atoms with Crippen LogP contribution in [-0.2, 0) is 9.47 Å². The van der Waals surface area contributed by atoms with Crippen molar-refractivity contribution in [2.45, 2.75) is 13.8 Å². The number of hydrogen-bond acceptors (Lipinski definition) is 12. The van der Waals surface area contributed by atoms with Crippen LogP contribution in [0.1, 0.15) is 23.0 Å². The van der Waals surface area contributed by atoms with Gasteiger partial charge >= 0.3 is 5.97 Å². The molecule has 0 bridgehead atoms. The van der Waals surface area contributed by atoms with Crippen LogP contribution >= 0.6 is 22.7 Å². The molecule has 188 valence electrons. The van der Waals surface area contributed by atoms with E-state index in [0.29, 0.717) is 35.6 Å². The number of carbonyl (C=O) groups is 1. The lowest BCUT2D eigenvalue weighted by Crippen LogP contribution is -2.40. The molecule has 0 atom stereocenters. The number of ether oxygens (including phenoxy) is 2. The van der Waals surface area contributed by atoms with Crippen molar-refractivity contribution < 1.29 is 14.3 Å². The van der Waals surface area contributed by atoms with Crippen LogP contribution in [0.25, 0.3) is 10.2 Å². The molecule has 12 heteroatoms. The number of esters is 1. The molecule has 1 aromatic carbocycles. The number of aryl methyl sites for hydroxylation is 1. The van der Waals surface area contributed by atoms with Crippen molar-refractivity contribution in [3.8, 4) is 0 Å². The molecule has 1 saturated heterocycles. The summed E-state index contributed by atoms with van der Waals surface area (Å²) in [7, 11) is 0. The Morgan fingerprint density at radius 3 is 2.83 bits per heavy atom. The molecule has 0 spiro atoms. The van der Waals surface area contributed by atoms with Gasteiger partial charge in [-0.1, -0.05) is 23.5 Å². The predicted octanol–water partition coefficient (Wildman–Crippen LogP) is 4.24. The standard InChI is InChI=1S/C24H27N7O3S2/c1-3-34-22(32)18-15-35-24(26-18)31(9-8-30-10-12-33-13-11-30)20-14-16(2)21(29-28-20)27-23-25-17-6-4-5-7-19(17)36-23/h4-7,14-15H,3,8-13H2,1-2H3,(H,25,27,29). The van der Waals surface area contributed by atoms with E-state index < -0.39 is 5.97 Å². The van der Waals surface area contributed by atoms with Crippen LogP contribution in [0.15, 0.2) is 35.7 Å². The Kier molecular flexibility index (Phi) is 7.66. The molecule has 0 unspecified atom stereocenters. The first-order chi connectivity index (χ1) is 17.6. The third kappa shape index (κ3) is 5.62. The highest BCUT2D eigenvalue weighted by molar-refractivity contribution is 7.22. The van der Waals surface area contributed by atoms with Gasteiger partial charge in [-0.25, -0.2) is 14.8 Å². The molecule has 1 aliphatic rings. The van der Waals surface area contributed by atoms with Crippen molar-refractivity contribution in [2.24, 2.45) is 0 Å². The van der Waals surface area contributed by atoms with Crippen LogP contribution in [-0.4, -0.2) is 77.0 Å². The Morgan fingerprint density at radius 1 is 1.22 bits per heavy atom. The van der Waals surface area contributed by atoms with Crippen LogP contribution in [0.4, 0.5) is 21.9 Å². The van der Waals surface area contributed by atoms with Gasteiger partial charge in [0.15, 0.2) is 27.6 Å². The summed E-state index contributed by atoms with van der Waals surface area (Å²) in [5.41, 5.74) is 2.17. The molecule has 5 rings (SSSR count). The number of nitrogens with one attached hydrogen (secondary N) is 1. The van der Waals surface area contributed by atoms with E-state index in [9.17, 15) is 4.79 Å². The Hall–Kier alpha value is -3.19. The summed E-state index contributed by atoms with van der Waals surface area (Å²) in [5, 5.41) is 15.5. The Bertz CT molecular complexity index is 1300. The number of anilines is 4. The quantitative estimate of drug-likeness (QED) is 0.319. The average molecular weight is 526 g/mol. The number of morpholine rings is 1. The molecule has 4 heterocycles. The van der Waals surface area contributed by atoms with E-state index >= 15 is 0 Å². The minimum absolute atomic E-state index is 0.298. The normalized spacial score (nSPS) is 14.2. The molecule has 1 aliphatic heterocycles. The first-order valence-corrected chi connectivity index (χ1v) is 13.5. The van der Waals surface area contributed by atoms with Gasteiger partial charge in [-0.05, 0) is 37.6 Å². The average Bonchev–Trinajstić information content (AvgIpc) is 3.54. The monoisotopic (exact) mass is 525 g/mol. The number of para-hydroxylation sites is 1. The zero-order valence-electron chi connectivity index (χ0n) is 20.1. The van der Waals surface area contributed by atoms with E-state index in [0.717, 1.165) is 53.8 Å². The summed E-state index contributed by atoms with van der Waals surface area (Å²) in [6, 6.07) is 9.99. The smallest absolute Gasteiger partial charge is 0.357 e. The SMILES string of the molecule is CCOC(=O)c1csc(N(CCN2CCOCC2)c2cc(C)c(Nc3nc4ccccc4s3)nn2)n1. The lowest BCUT2D eigenvalue weighted by atomic mass is 10.3. The molecule has 36 heavy (non-hydrogen) atoms. The summed E-state index contributed by atoms with van der Waals surface area (Å²) < 4.78 is 11.7. The second-order valence-corrected chi connectivity index (χ2v) is 10.1. The fraction of sp³-hybridized carbons (Fsp3) is 0.375. The highest BCUT2D eigenvalue weighted by atomic mass is 32.1. The van der Waals surface area contributed by atoms with Gasteiger partial charge < -0.3 is 14.8 Å². The third-order valence-corrected chi connectivity index (χ3v) is 7.53. The van der Waals surface area contributed by atoms with Crippen LogP contribution in [0, 0.1) is 6.92 Å². The molecule has 1 N–H and O–H groups in total. The third-order valence-electron chi connectivity index (χ3n) is 5.72. The van der Waals surface area contributed by atoms with Gasteiger partial charge in [0.1, 0.15) is 0 Å². The molecule has 10 nitrogen and oxygen atoms in total. The molecular formula is C24H27N7O3S2. The minimum atomic E-state index is -0.425. The van der Waals surface area contributed by atoms with Crippen molar-refractivity contribution in [2.75, 3.05) is 56.2 Å². The van der Waals surface area contributed by atoms with Gasteiger partial charge in [0, 0.05) is 31.6 Å². The number of benzene rings is 1. The largest absolute Gasteiger partial charge is 0.461 e. The molecule has 3 aromatic heterocycles. The Balaban J connectivity index is 1.38. The zero-order valence-corrected chi connectivity index (χ0v) is 21.8. The van der Waals surface area contributed by atoms with Gasteiger partial charge in [0.25, 0.3) is 0 Å². The van der Waals surface area contributed by atoms with Crippen molar-refractivity contribution in [3.63, 3.8) is 0 Å². The molecular weight excluding hydrogens is 498 g/mol. The van der Waals surface area contributed by atoms with Crippen molar-refractivity contribution in [1.29, 1.82) is 0 Å². The predicted molar refractivity (Wildman–Crippen MR) is 142 cm³/mol. The van der Waals surface area contributed by atoms with Gasteiger partial charge in [-0.3, -0.25) is 9.80 Å². The van der Waals surface area contributed by atoms with Crippen molar-refractivity contribution in [3.05, 3.63) is 47.0 Å². The molecule has 0 amide bonds. The number of rotatable bonds is 9. The van der Waals surface area contributed by atoms with E-state index in [1.54, 1.807) is 23.6 Å². The van der Waals surface area contributed by atoms with Gasteiger partial charge in [-0.2, -0.15) is 0 Å². The van der Waals surface area contributed by atoms with Crippen LogP contribution in [0.5, 0.6) is 0 Å². The first kappa shape index (κ1) is 24.5. The van der Waals surface area contributed by atoms with Crippen LogP contribution < -0.4 is 10.2 Å². The van der Waals surface area contributed by atoms with Crippen molar-refractivity contribution >= 4 is 60.8 Å². The van der Waals surface area contributed by atoms with Crippen LogP contribution in [0.2, 0.25) is 0 Å². The number of fused-ring (bicyclic) bond motifs is 1. The highest BCUT2D eigenvalue weighted by Gasteiger charge is 2.21. The van der Waals surface area contributed by atoms with E-state index in [2.05, 4.69) is 30.4 Å². The maximum absolute atomic E-state index is 12.2. The molecule has 1 fully saturated rings. The number of aromatic nitrogens is 4. The molecule has 0 radical (unpaired) electrons. The maximum Gasteiger partial charge on any atom is 0.357 e. The molecule has 0 saturated carbocycles. The first-order valence-electron chi connectivity index (χ1n) is 11.8. The number of carbonyl (C=O) groups excluding carboxylic acids is 1. The Labute approximate surface area is 216 Å². The van der Waals surface area contributed by atoms with Crippen LogP contribution in [0.3, 0.4) is 0 Å². The fourth-order valence-electron chi connectivity index (χ4n) is 3.81. The summed E-state index contributed by atoms with van der Waals surface area (Å²) in [6.07, 6.45) is 0. The van der Waals surface area contributed by atoms with E-state index in [4.69, 9.17) is 9.47 Å².